The Morgan fingerprint density at radius 2 is 2.43 bits per heavy atom. The third-order valence-corrected chi connectivity index (χ3v) is 3.36. The molecule has 2 heteroatoms. The smallest absolute Gasteiger partial charge is 0.00511 e. The summed E-state index contributed by atoms with van der Waals surface area (Å²) >= 11 is 5.40. The van der Waals surface area contributed by atoms with Gasteiger partial charge in [-0.2, -0.15) is 0 Å². The maximum atomic E-state index is 3.46. The second-order valence-electron chi connectivity index (χ2n) is 1.56. The number of allylic oxidation sites excluding steroid dienone is 2. The van der Waals surface area contributed by atoms with E-state index in [-0.39, 0.29) is 0 Å². The van der Waals surface area contributed by atoms with Gasteiger partial charge in [0.05, 0.1) is 0 Å². The van der Waals surface area contributed by atoms with Crippen LogP contribution >= 0.6 is 27.7 Å². The van der Waals surface area contributed by atoms with Gasteiger partial charge in [-0.1, -0.05) is 15.9 Å². The summed E-state index contributed by atoms with van der Waals surface area (Å²) in [5, 5.41) is 0. The average Bonchev–Trinajstić information content (AvgIpc) is 1.91. The van der Waals surface area contributed by atoms with Crippen molar-refractivity contribution in [3.63, 3.8) is 0 Å². The molecule has 0 bridgehead atoms. The first-order chi connectivity index (χ1) is 3.30. The number of thioether (sulfide) groups is 1. The molecule has 1 aliphatic rings. The van der Waals surface area contributed by atoms with Crippen molar-refractivity contribution in [2.24, 2.45) is 0 Å². The van der Waals surface area contributed by atoms with Gasteiger partial charge in [0.2, 0.25) is 0 Å². The van der Waals surface area contributed by atoms with Gasteiger partial charge in [-0.25, -0.2) is 0 Å². The topological polar surface area (TPSA) is 0 Å². The summed E-state index contributed by atoms with van der Waals surface area (Å²) in [6, 6.07) is 0. The molecule has 0 saturated heterocycles. The Balaban J connectivity index is 2.64. The average molecular weight is 179 g/mol. The van der Waals surface area contributed by atoms with E-state index in [9.17, 15) is 0 Å². The molecule has 0 spiro atoms. The lowest BCUT2D eigenvalue weighted by Gasteiger charge is -1.84. The summed E-state index contributed by atoms with van der Waals surface area (Å²) in [5.74, 6) is 1.27. The number of hydrogen-bond donors (Lipinski definition) is 0. The molecular formula is C5H7BrS. The Hall–Kier alpha value is 0.570. The highest BCUT2D eigenvalue weighted by molar-refractivity contribution is 9.11. The van der Waals surface area contributed by atoms with Crippen LogP contribution in [0.5, 0.6) is 0 Å². The summed E-state index contributed by atoms with van der Waals surface area (Å²) in [5.41, 5.74) is 0. The first-order valence-corrected chi connectivity index (χ1v) is 4.06. The zero-order valence-corrected chi connectivity index (χ0v) is 6.60. The van der Waals surface area contributed by atoms with Crippen LogP contribution in [0.4, 0.5) is 0 Å². The van der Waals surface area contributed by atoms with Crippen LogP contribution in [0.3, 0.4) is 0 Å². The summed E-state index contributed by atoms with van der Waals surface area (Å²) < 4.78 is 1.40. The maximum absolute atomic E-state index is 3.46. The van der Waals surface area contributed by atoms with Crippen LogP contribution in [0.25, 0.3) is 0 Å². The van der Waals surface area contributed by atoms with E-state index in [1.165, 1.54) is 21.6 Å². The van der Waals surface area contributed by atoms with Crippen LogP contribution in [-0.4, -0.2) is 5.75 Å². The van der Waals surface area contributed by atoms with Crippen molar-refractivity contribution in [1.82, 2.24) is 0 Å². The third-order valence-electron chi connectivity index (χ3n) is 1.02. The minimum absolute atomic E-state index is 1.23. The van der Waals surface area contributed by atoms with Gasteiger partial charge in [0.1, 0.15) is 0 Å². The molecule has 0 aromatic carbocycles. The SMILES string of the molecule is CC1=C(Br)CCS1. The van der Waals surface area contributed by atoms with Gasteiger partial charge in [-0.15, -0.1) is 11.8 Å². The molecule has 0 fully saturated rings. The second-order valence-corrected chi connectivity index (χ2v) is 3.83. The van der Waals surface area contributed by atoms with E-state index in [1.807, 2.05) is 11.8 Å². The summed E-state index contributed by atoms with van der Waals surface area (Å²) in [4.78, 5) is 1.46. The largest absolute Gasteiger partial charge is 0.130 e. The Bertz CT molecular complexity index is 94.6. The Labute approximate surface area is 56.5 Å². The van der Waals surface area contributed by atoms with E-state index in [2.05, 4.69) is 22.9 Å². The highest BCUT2D eigenvalue weighted by atomic mass is 79.9. The molecule has 0 nitrogen and oxygen atoms in total. The number of hydrogen-bond acceptors (Lipinski definition) is 1. The number of rotatable bonds is 0. The molecule has 1 rings (SSSR count). The van der Waals surface area contributed by atoms with Gasteiger partial charge in [0.15, 0.2) is 0 Å². The third kappa shape index (κ3) is 1.23. The fourth-order valence-electron chi connectivity index (χ4n) is 0.548. The summed E-state index contributed by atoms with van der Waals surface area (Å²) in [6.45, 7) is 2.15. The molecule has 0 saturated carbocycles. The first-order valence-electron chi connectivity index (χ1n) is 2.29. The van der Waals surface area contributed by atoms with E-state index in [0.29, 0.717) is 0 Å². The van der Waals surface area contributed by atoms with Gasteiger partial charge < -0.3 is 0 Å². The summed E-state index contributed by atoms with van der Waals surface area (Å²) in [6.07, 6.45) is 1.23. The van der Waals surface area contributed by atoms with Crippen LogP contribution in [0.2, 0.25) is 0 Å². The Morgan fingerprint density at radius 3 is 2.57 bits per heavy atom. The van der Waals surface area contributed by atoms with Gasteiger partial charge in [0.25, 0.3) is 0 Å². The van der Waals surface area contributed by atoms with Crippen LogP contribution in [0.15, 0.2) is 9.39 Å². The lowest BCUT2D eigenvalue weighted by Crippen LogP contribution is -1.62. The fraction of sp³-hybridized carbons (Fsp3) is 0.600. The van der Waals surface area contributed by atoms with E-state index >= 15 is 0 Å². The normalized spacial score (nSPS) is 21.4. The molecule has 0 aromatic heterocycles. The van der Waals surface area contributed by atoms with Gasteiger partial charge in [-0.3, -0.25) is 0 Å². The molecule has 0 aromatic rings. The molecule has 40 valence electrons. The summed E-state index contributed by atoms with van der Waals surface area (Å²) in [7, 11) is 0. The van der Waals surface area contributed by atoms with Crippen LogP contribution < -0.4 is 0 Å². The molecule has 1 aliphatic heterocycles. The van der Waals surface area contributed by atoms with Gasteiger partial charge in [0, 0.05) is 10.2 Å². The van der Waals surface area contributed by atoms with E-state index in [4.69, 9.17) is 0 Å². The zero-order valence-electron chi connectivity index (χ0n) is 4.20. The fourth-order valence-corrected chi connectivity index (χ4v) is 2.22. The maximum Gasteiger partial charge on any atom is 0.00511 e. The van der Waals surface area contributed by atoms with E-state index in [0.717, 1.165) is 0 Å². The first kappa shape index (κ1) is 5.70. The lowest BCUT2D eigenvalue weighted by atomic mass is 10.4. The number of halogens is 1. The Kier molecular flexibility index (Phi) is 1.81. The second kappa shape index (κ2) is 2.23. The quantitative estimate of drug-likeness (QED) is 0.550. The van der Waals surface area contributed by atoms with Gasteiger partial charge in [-0.05, 0) is 18.2 Å². The van der Waals surface area contributed by atoms with Crippen molar-refractivity contribution >= 4 is 27.7 Å². The molecule has 7 heavy (non-hydrogen) atoms. The minimum Gasteiger partial charge on any atom is -0.130 e. The van der Waals surface area contributed by atoms with Crippen LogP contribution in [0, 0.1) is 0 Å². The molecule has 0 aliphatic carbocycles. The van der Waals surface area contributed by atoms with Crippen molar-refractivity contribution in [2.75, 3.05) is 5.75 Å². The Morgan fingerprint density at radius 1 is 1.71 bits per heavy atom. The molecule has 0 N–H and O–H groups in total. The van der Waals surface area contributed by atoms with Crippen molar-refractivity contribution in [2.45, 2.75) is 13.3 Å². The highest BCUT2D eigenvalue weighted by Gasteiger charge is 2.06. The molecule has 1 heterocycles. The van der Waals surface area contributed by atoms with Crippen molar-refractivity contribution < 1.29 is 0 Å². The highest BCUT2D eigenvalue weighted by Crippen LogP contribution is 2.33. The zero-order chi connectivity index (χ0) is 5.28. The predicted molar refractivity (Wildman–Crippen MR) is 38.7 cm³/mol. The molecular weight excluding hydrogens is 172 g/mol. The predicted octanol–water partition coefficient (Wildman–Crippen LogP) is 2.75. The van der Waals surface area contributed by atoms with E-state index < -0.39 is 0 Å². The monoisotopic (exact) mass is 178 g/mol. The van der Waals surface area contributed by atoms with Crippen molar-refractivity contribution in [1.29, 1.82) is 0 Å². The van der Waals surface area contributed by atoms with Gasteiger partial charge >= 0.3 is 0 Å². The molecule has 0 unspecified atom stereocenters. The molecule has 0 atom stereocenters. The minimum atomic E-state index is 1.23. The van der Waals surface area contributed by atoms with Crippen molar-refractivity contribution in [3.05, 3.63) is 9.39 Å². The van der Waals surface area contributed by atoms with Crippen LogP contribution in [0.1, 0.15) is 13.3 Å². The van der Waals surface area contributed by atoms with E-state index in [1.54, 1.807) is 0 Å². The van der Waals surface area contributed by atoms with Crippen molar-refractivity contribution in [3.8, 4) is 0 Å². The standard InChI is InChI=1S/C5H7BrS/c1-4-5(6)2-3-7-4/h2-3H2,1H3. The lowest BCUT2D eigenvalue weighted by molar-refractivity contribution is 1.25. The molecule has 0 radical (unpaired) electrons. The molecule has 0 amide bonds. The van der Waals surface area contributed by atoms with Crippen LogP contribution in [-0.2, 0) is 0 Å².